The average Bonchev–Trinajstić information content (AvgIpc) is 3.54. The number of sulfonamides is 1. The number of piperidine rings is 1. The fourth-order valence-corrected chi connectivity index (χ4v) is 6.53. The van der Waals surface area contributed by atoms with Crippen LogP contribution in [0.25, 0.3) is 17.1 Å². The number of amides is 1. The first-order valence-corrected chi connectivity index (χ1v) is 14.4. The van der Waals surface area contributed by atoms with Crippen LogP contribution in [0.5, 0.6) is 0 Å². The summed E-state index contributed by atoms with van der Waals surface area (Å²) in [6.45, 7) is 2.96. The first kappa shape index (κ1) is 25.2. The zero-order valence-corrected chi connectivity index (χ0v) is 22.0. The van der Waals surface area contributed by atoms with Gasteiger partial charge in [-0.05, 0) is 62.2 Å². The van der Waals surface area contributed by atoms with Crippen molar-refractivity contribution in [2.45, 2.75) is 36.2 Å². The SMILES string of the molecule is Cc1occc1-c1nnc(SCC(=O)Nc2ccc(S(=O)(=O)N3CCCCC3)cc2)n1-c1ccccc1. The quantitative estimate of drug-likeness (QED) is 0.323. The molecule has 37 heavy (non-hydrogen) atoms. The van der Waals surface area contributed by atoms with Crippen LogP contribution >= 0.6 is 11.8 Å². The van der Waals surface area contributed by atoms with Crippen LogP contribution in [0.4, 0.5) is 5.69 Å². The Morgan fingerprint density at radius 1 is 1.00 bits per heavy atom. The van der Waals surface area contributed by atoms with Crippen molar-refractivity contribution >= 4 is 33.4 Å². The van der Waals surface area contributed by atoms with E-state index >= 15 is 0 Å². The third kappa shape index (κ3) is 5.48. The van der Waals surface area contributed by atoms with E-state index < -0.39 is 10.0 Å². The number of thioether (sulfide) groups is 1. The molecular formula is C26H27N5O4S2. The van der Waals surface area contributed by atoms with E-state index in [1.807, 2.05) is 47.9 Å². The van der Waals surface area contributed by atoms with Crippen molar-refractivity contribution in [3.63, 3.8) is 0 Å². The zero-order valence-electron chi connectivity index (χ0n) is 20.3. The van der Waals surface area contributed by atoms with Gasteiger partial charge in [0, 0.05) is 24.5 Å². The Hall–Kier alpha value is -3.41. The number of aromatic nitrogens is 3. The van der Waals surface area contributed by atoms with Gasteiger partial charge in [-0.25, -0.2) is 8.42 Å². The second kappa shape index (κ2) is 10.9. The highest BCUT2D eigenvalue weighted by molar-refractivity contribution is 7.99. The number of para-hydroxylation sites is 1. The number of aryl methyl sites for hydroxylation is 1. The number of nitrogens with one attached hydrogen (secondary N) is 1. The molecule has 0 bridgehead atoms. The molecule has 1 fully saturated rings. The third-order valence-electron chi connectivity index (χ3n) is 6.17. The minimum absolute atomic E-state index is 0.100. The van der Waals surface area contributed by atoms with E-state index in [-0.39, 0.29) is 16.6 Å². The second-order valence-electron chi connectivity index (χ2n) is 8.69. The molecule has 0 atom stereocenters. The van der Waals surface area contributed by atoms with Gasteiger partial charge in [0.1, 0.15) is 5.76 Å². The van der Waals surface area contributed by atoms with Crippen LogP contribution in [0.1, 0.15) is 25.0 Å². The molecule has 2 aromatic carbocycles. The number of hydrogen-bond acceptors (Lipinski definition) is 7. The predicted molar refractivity (Wildman–Crippen MR) is 142 cm³/mol. The first-order chi connectivity index (χ1) is 17.9. The normalized spacial score (nSPS) is 14.5. The third-order valence-corrected chi connectivity index (χ3v) is 9.01. The molecule has 1 aliphatic heterocycles. The molecule has 0 radical (unpaired) electrons. The summed E-state index contributed by atoms with van der Waals surface area (Å²) >= 11 is 1.26. The van der Waals surface area contributed by atoms with Crippen molar-refractivity contribution in [2.75, 3.05) is 24.2 Å². The molecule has 9 nitrogen and oxygen atoms in total. The van der Waals surface area contributed by atoms with Crippen molar-refractivity contribution < 1.29 is 17.6 Å². The Morgan fingerprint density at radius 2 is 1.73 bits per heavy atom. The van der Waals surface area contributed by atoms with E-state index in [0.29, 0.717) is 29.8 Å². The lowest BCUT2D eigenvalue weighted by Crippen LogP contribution is -2.35. The lowest BCUT2D eigenvalue weighted by molar-refractivity contribution is -0.113. The molecule has 192 valence electrons. The molecule has 1 aliphatic rings. The Balaban J connectivity index is 1.28. The van der Waals surface area contributed by atoms with Crippen LogP contribution in [-0.2, 0) is 14.8 Å². The summed E-state index contributed by atoms with van der Waals surface area (Å²) in [5.74, 6) is 1.22. The van der Waals surface area contributed by atoms with Crippen molar-refractivity contribution in [2.24, 2.45) is 0 Å². The van der Waals surface area contributed by atoms with E-state index in [4.69, 9.17) is 4.42 Å². The fraction of sp³-hybridized carbons (Fsp3) is 0.269. The van der Waals surface area contributed by atoms with Crippen molar-refractivity contribution in [1.29, 1.82) is 0 Å². The van der Waals surface area contributed by atoms with E-state index in [1.165, 1.54) is 28.2 Å². The van der Waals surface area contributed by atoms with Gasteiger partial charge in [-0.15, -0.1) is 10.2 Å². The van der Waals surface area contributed by atoms with Crippen LogP contribution in [-0.4, -0.2) is 52.2 Å². The van der Waals surface area contributed by atoms with Crippen LogP contribution in [0.3, 0.4) is 0 Å². The lowest BCUT2D eigenvalue weighted by atomic mass is 10.2. The summed E-state index contributed by atoms with van der Waals surface area (Å²) in [5.41, 5.74) is 2.23. The van der Waals surface area contributed by atoms with Crippen LogP contribution in [0, 0.1) is 6.92 Å². The molecule has 0 saturated carbocycles. The lowest BCUT2D eigenvalue weighted by Gasteiger charge is -2.25. The van der Waals surface area contributed by atoms with Crippen LogP contribution in [0.15, 0.2) is 81.4 Å². The number of anilines is 1. The molecule has 1 N–H and O–H groups in total. The first-order valence-electron chi connectivity index (χ1n) is 12.0. The molecule has 2 aromatic heterocycles. The van der Waals surface area contributed by atoms with Gasteiger partial charge in [0.05, 0.1) is 22.5 Å². The molecule has 0 aliphatic carbocycles. The van der Waals surface area contributed by atoms with E-state index in [1.54, 1.807) is 18.4 Å². The van der Waals surface area contributed by atoms with Gasteiger partial charge in [0.25, 0.3) is 0 Å². The molecule has 1 amide bonds. The van der Waals surface area contributed by atoms with Crippen LogP contribution < -0.4 is 5.32 Å². The van der Waals surface area contributed by atoms with Crippen molar-refractivity contribution in [3.8, 4) is 17.1 Å². The average molecular weight is 538 g/mol. The number of carbonyl (C=O) groups is 1. The Morgan fingerprint density at radius 3 is 2.41 bits per heavy atom. The van der Waals surface area contributed by atoms with Gasteiger partial charge >= 0.3 is 0 Å². The van der Waals surface area contributed by atoms with Gasteiger partial charge in [-0.3, -0.25) is 9.36 Å². The Labute approximate surface area is 219 Å². The monoisotopic (exact) mass is 537 g/mol. The highest BCUT2D eigenvalue weighted by atomic mass is 32.2. The van der Waals surface area contributed by atoms with E-state index in [0.717, 1.165) is 36.3 Å². The maximum Gasteiger partial charge on any atom is 0.243 e. The zero-order chi connectivity index (χ0) is 25.8. The van der Waals surface area contributed by atoms with Gasteiger partial charge in [0.2, 0.25) is 15.9 Å². The summed E-state index contributed by atoms with van der Waals surface area (Å²) in [5, 5.41) is 12.1. The molecule has 1 saturated heterocycles. The van der Waals surface area contributed by atoms with Gasteiger partial charge in [0.15, 0.2) is 11.0 Å². The molecule has 5 rings (SSSR count). The number of hydrogen-bond donors (Lipinski definition) is 1. The largest absolute Gasteiger partial charge is 0.469 e. The van der Waals surface area contributed by atoms with Crippen molar-refractivity contribution in [3.05, 3.63) is 72.7 Å². The standard InChI is InChI=1S/C26H27N5O4S2/c1-19-23(14-17-35-19)25-28-29-26(31(25)21-8-4-2-5-9-21)36-18-24(32)27-20-10-12-22(13-11-20)37(33,34)30-15-6-3-7-16-30/h2,4-5,8-14,17H,3,6-7,15-16,18H2,1H3,(H,27,32). The molecule has 0 unspecified atom stereocenters. The van der Waals surface area contributed by atoms with E-state index in [9.17, 15) is 13.2 Å². The van der Waals surface area contributed by atoms with Gasteiger partial charge in [-0.1, -0.05) is 36.4 Å². The molecule has 3 heterocycles. The molecule has 4 aromatic rings. The predicted octanol–water partition coefficient (Wildman–Crippen LogP) is 4.74. The summed E-state index contributed by atoms with van der Waals surface area (Å²) < 4.78 is 34.6. The highest BCUT2D eigenvalue weighted by Gasteiger charge is 2.26. The van der Waals surface area contributed by atoms with Gasteiger partial charge < -0.3 is 9.73 Å². The number of furan rings is 1. The highest BCUT2D eigenvalue weighted by Crippen LogP contribution is 2.30. The molecule has 11 heteroatoms. The summed E-state index contributed by atoms with van der Waals surface area (Å²) in [6, 6.07) is 17.8. The van der Waals surface area contributed by atoms with Gasteiger partial charge in [-0.2, -0.15) is 4.31 Å². The van der Waals surface area contributed by atoms with Crippen molar-refractivity contribution in [1.82, 2.24) is 19.1 Å². The minimum Gasteiger partial charge on any atom is -0.469 e. The number of carbonyl (C=O) groups excluding carboxylic acids is 1. The number of nitrogens with zero attached hydrogens (tertiary/aromatic N) is 4. The Bertz CT molecular complexity index is 1470. The fourth-order valence-electron chi connectivity index (χ4n) is 4.26. The summed E-state index contributed by atoms with van der Waals surface area (Å²) in [4.78, 5) is 13.0. The Kier molecular flexibility index (Phi) is 7.45. The topological polar surface area (TPSA) is 110 Å². The summed E-state index contributed by atoms with van der Waals surface area (Å²) in [7, 11) is -3.51. The molecule has 0 spiro atoms. The smallest absolute Gasteiger partial charge is 0.243 e. The van der Waals surface area contributed by atoms with E-state index in [2.05, 4.69) is 15.5 Å². The maximum absolute atomic E-state index is 12.9. The summed E-state index contributed by atoms with van der Waals surface area (Å²) in [6.07, 6.45) is 4.43. The number of rotatable bonds is 8. The maximum atomic E-state index is 12.9. The molecular weight excluding hydrogens is 510 g/mol. The van der Waals surface area contributed by atoms with Crippen LogP contribution in [0.2, 0.25) is 0 Å². The second-order valence-corrected chi connectivity index (χ2v) is 11.6. The number of benzene rings is 2. The minimum atomic E-state index is -3.51.